The summed E-state index contributed by atoms with van der Waals surface area (Å²) in [6.45, 7) is 0. The van der Waals surface area contributed by atoms with Gasteiger partial charge in [-0.2, -0.15) is 0 Å². The lowest BCUT2D eigenvalue weighted by atomic mass is 9.86. The van der Waals surface area contributed by atoms with Crippen molar-refractivity contribution in [2.45, 2.75) is 12.3 Å². The smallest absolute Gasteiger partial charge is 0.395 e. The summed E-state index contributed by atoms with van der Waals surface area (Å²) in [4.78, 5) is 10.0. The van der Waals surface area contributed by atoms with E-state index in [-0.39, 0.29) is 17.4 Å². The molecule has 0 spiro atoms. The third-order valence-corrected chi connectivity index (χ3v) is 5.83. The Morgan fingerprint density at radius 3 is 1.52 bits per heavy atom. The molecular formula is C26H23O4P. The molecule has 0 aliphatic heterocycles. The molecule has 0 aliphatic carbocycles. The zero-order valence-corrected chi connectivity index (χ0v) is 17.8. The second kappa shape index (κ2) is 9.65. The van der Waals surface area contributed by atoms with Crippen molar-refractivity contribution in [2.24, 2.45) is 0 Å². The summed E-state index contributed by atoms with van der Waals surface area (Å²) >= 11 is 0. The Hall–Kier alpha value is -3.33. The van der Waals surface area contributed by atoms with E-state index in [1.54, 1.807) is 42.5 Å². The van der Waals surface area contributed by atoms with Crippen LogP contribution in [0.3, 0.4) is 0 Å². The van der Waals surface area contributed by atoms with E-state index in [0.29, 0.717) is 0 Å². The van der Waals surface area contributed by atoms with Crippen LogP contribution in [0.5, 0.6) is 11.5 Å². The lowest BCUT2D eigenvalue weighted by Crippen LogP contribution is -2.05. The molecule has 0 radical (unpaired) electrons. The van der Waals surface area contributed by atoms with E-state index in [9.17, 15) is 9.46 Å². The minimum Gasteiger partial charge on any atom is -0.395 e. The van der Waals surface area contributed by atoms with Gasteiger partial charge in [-0.3, -0.25) is 4.89 Å². The number of benzene rings is 4. The average Bonchev–Trinajstić information content (AvgIpc) is 2.80. The highest BCUT2D eigenvalue weighted by Crippen LogP contribution is 2.44. The Kier molecular flexibility index (Phi) is 6.51. The van der Waals surface area contributed by atoms with Crippen LogP contribution in [0.2, 0.25) is 0 Å². The maximum Gasteiger partial charge on any atom is 0.584 e. The first-order valence-electron chi connectivity index (χ1n) is 10.0. The van der Waals surface area contributed by atoms with Gasteiger partial charge in [-0.1, -0.05) is 91.0 Å². The van der Waals surface area contributed by atoms with E-state index < -0.39 is 7.82 Å². The predicted octanol–water partition coefficient (Wildman–Crippen LogP) is 6.62. The van der Waals surface area contributed by atoms with E-state index in [1.165, 1.54) is 11.1 Å². The molecule has 0 heterocycles. The molecule has 1 atom stereocenters. The van der Waals surface area contributed by atoms with Crippen LogP contribution in [-0.2, 0) is 11.0 Å². The standard InChI is InChI=1S/C26H23O4P/c27-31(28,29-24-14-8-3-9-15-24)30-25-18-16-21(17-19-25)20-26(22-10-4-1-5-11-22)23-12-6-2-7-13-23/h1-19,26H,20H2,(H,27,28). The van der Waals surface area contributed by atoms with E-state index >= 15 is 0 Å². The fourth-order valence-corrected chi connectivity index (χ4v) is 4.30. The number of rotatable bonds is 8. The Morgan fingerprint density at radius 2 is 1.03 bits per heavy atom. The van der Waals surface area contributed by atoms with Gasteiger partial charge in [0.1, 0.15) is 11.5 Å². The normalized spacial score (nSPS) is 12.8. The molecule has 4 aromatic carbocycles. The highest BCUT2D eigenvalue weighted by Gasteiger charge is 2.25. The minimum atomic E-state index is -4.27. The van der Waals surface area contributed by atoms with Gasteiger partial charge in [0.15, 0.2) is 0 Å². The Labute approximate surface area is 182 Å². The van der Waals surface area contributed by atoms with Crippen LogP contribution < -0.4 is 9.05 Å². The molecule has 4 nitrogen and oxygen atoms in total. The third-order valence-electron chi connectivity index (χ3n) is 4.95. The van der Waals surface area contributed by atoms with E-state index in [2.05, 4.69) is 24.3 Å². The summed E-state index contributed by atoms with van der Waals surface area (Å²) < 4.78 is 22.6. The van der Waals surface area contributed by atoms with Crippen LogP contribution >= 0.6 is 7.82 Å². The first-order valence-corrected chi connectivity index (χ1v) is 11.5. The van der Waals surface area contributed by atoms with Crippen molar-refractivity contribution in [1.82, 2.24) is 0 Å². The zero-order chi connectivity index (χ0) is 21.5. The fraction of sp³-hybridized carbons (Fsp3) is 0.0769. The van der Waals surface area contributed by atoms with Gasteiger partial charge in [0.25, 0.3) is 0 Å². The summed E-state index contributed by atoms with van der Waals surface area (Å²) in [5.41, 5.74) is 3.58. The molecule has 0 saturated carbocycles. The van der Waals surface area contributed by atoms with Crippen molar-refractivity contribution in [2.75, 3.05) is 0 Å². The van der Waals surface area contributed by atoms with Crippen molar-refractivity contribution in [3.8, 4) is 11.5 Å². The molecule has 31 heavy (non-hydrogen) atoms. The number of hydrogen-bond acceptors (Lipinski definition) is 3. The monoisotopic (exact) mass is 430 g/mol. The first kappa shape index (κ1) is 20.9. The lowest BCUT2D eigenvalue weighted by Gasteiger charge is -2.19. The third kappa shape index (κ3) is 5.85. The van der Waals surface area contributed by atoms with Crippen LogP contribution in [0, 0.1) is 0 Å². The highest BCUT2D eigenvalue weighted by molar-refractivity contribution is 7.48. The Bertz CT molecular complexity index is 1090. The number of para-hydroxylation sites is 1. The zero-order valence-electron chi connectivity index (χ0n) is 16.9. The van der Waals surface area contributed by atoms with Crippen LogP contribution in [0.4, 0.5) is 0 Å². The highest BCUT2D eigenvalue weighted by atomic mass is 31.2. The fourth-order valence-electron chi connectivity index (χ4n) is 3.49. The predicted molar refractivity (Wildman–Crippen MR) is 122 cm³/mol. The molecule has 156 valence electrons. The first-order chi connectivity index (χ1) is 15.1. The summed E-state index contributed by atoms with van der Waals surface area (Å²) in [5.74, 6) is 0.763. The van der Waals surface area contributed by atoms with Crippen LogP contribution in [0.1, 0.15) is 22.6 Å². The van der Waals surface area contributed by atoms with Crippen LogP contribution in [0.15, 0.2) is 115 Å². The van der Waals surface area contributed by atoms with Crippen LogP contribution in [-0.4, -0.2) is 4.89 Å². The van der Waals surface area contributed by atoms with Gasteiger partial charge in [0, 0.05) is 5.92 Å². The van der Waals surface area contributed by atoms with Crippen molar-refractivity contribution in [3.05, 3.63) is 132 Å². The van der Waals surface area contributed by atoms with E-state index in [0.717, 1.165) is 12.0 Å². The molecule has 0 aliphatic rings. The molecule has 0 saturated heterocycles. The van der Waals surface area contributed by atoms with Gasteiger partial charge in [-0.25, -0.2) is 4.57 Å². The lowest BCUT2D eigenvalue weighted by molar-refractivity contribution is 0.291. The molecule has 4 rings (SSSR count). The quantitative estimate of drug-likeness (QED) is 0.319. The summed E-state index contributed by atoms with van der Waals surface area (Å²) in [6.07, 6.45) is 0.797. The van der Waals surface area contributed by atoms with E-state index in [1.807, 2.05) is 48.5 Å². The molecule has 4 aromatic rings. The van der Waals surface area contributed by atoms with Gasteiger partial charge in [-0.15, -0.1) is 0 Å². The average molecular weight is 430 g/mol. The number of phosphoric ester groups is 1. The van der Waals surface area contributed by atoms with Gasteiger partial charge >= 0.3 is 7.82 Å². The minimum absolute atomic E-state index is 0.208. The summed E-state index contributed by atoms with van der Waals surface area (Å²) in [7, 11) is -4.27. The summed E-state index contributed by atoms with van der Waals surface area (Å²) in [5, 5.41) is 0. The second-order valence-electron chi connectivity index (χ2n) is 7.19. The van der Waals surface area contributed by atoms with Gasteiger partial charge in [-0.05, 0) is 47.4 Å². The number of phosphoric acid groups is 1. The molecule has 0 amide bonds. The van der Waals surface area contributed by atoms with E-state index in [4.69, 9.17) is 9.05 Å². The van der Waals surface area contributed by atoms with Crippen molar-refractivity contribution in [3.63, 3.8) is 0 Å². The SMILES string of the molecule is O=P(O)(Oc1ccccc1)Oc1ccc(CC(c2ccccc2)c2ccccc2)cc1. The maximum atomic E-state index is 12.3. The molecule has 1 unspecified atom stereocenters. The molecule has 1 N–H and O–H groups in total. The van der Waals surface area contributed by atoms with Gasteiger partial charge in [0.05, 0.1) is 0 Å². The molecule has 0 bridgehead atoms. The Balaban J connectivity index is 1.48. The molecule has 0 aromatic heterocycles. The maximum absolute atomic E-state index is 12.3. The molecule has 5 heteroatoms. The van der Waals surface area contributed by atoms with Crippen molar-refractivity contribution in [1.29, 1.82) is 0 Å². The molecular weight excluding hydrogens is 407 g/mol. The number of hydrogen-bond donors (Lipinski definition) is 1. The summed E-state index contributed by atoms with van der Waals surface area (Å²) in [6, 6.07) is 36.4. The van der Waals surface area contributed by atoms with Crippen LogP contribution in [0.25, 0.3) is 0 Å². The molecule has 0 fully saturated rings. The Morgan fingerprint density at radius 1 is 0.613 bits per heavy atom. The largest absolute Gasteiger partial charge is 0.584 e. The van der Waals surface area contributed by atoms with Gasteiger partial charge < -0.3 is 9.05 Å². The van der Waals surface area contributed by atoms with Crippen molar-refractivity contribution >= 4 is 7.82 Å². The van der Waals surface area contributed by atoms with Gasteiger partial charge in [0.2, 0.25) is 0 Å². The van der Waals surface area contributed by atoms with Crippen molar-refractivity contribution < 1.29 is 18.5 Å². The second-order valence-corrected chi connectivity index (χ2v) is 8.49. The topological polar surface area (TPSA) is 55.8 Å².